The molecule has 0 aromatic rings. The maximum absolute atomic E-state index is 12.2. The van der Waals surface area contributed by atoms with E-state index in [0.29, 0.717) is 19.4 Å². The van der Waals surface area contributed by atoms with E-state index in [1.54, 1.807) is 4.90 Å². The highest BCUT2D eigenvalue weighted by Gasteiger charge is 2.33. The zero-order valence-electron chi connectivity index (χ0n) is 11.9. The Morgan fingerprint density at radius 1 is 1.15 bits per heavy atom. The Labute approximate surface area is 119 Å². The summed E-state index contributed by atoms with van der Waals surface area (Å²) < 4.78 is 0. The van der Waals surface area contributed by atoms with Crippen molar-refractivity contribution in [1.82, 2.24) is 10.2 Å². The number of carbonyl (C=O) groups excluding carboxylic acids is 1. The van der Waals surface area contributed by atoms with Crippen LogP contribution in [0.1, 0.15) is 45.4 Å². The molecular formula is C14H24N2O4. The Bertz CT molecular complexity index is 366. The van der Waals surface area contributed by atoms with Crippen LogP contribution in [-0.2, 0) is 4.79 Å². The lowest BCUT2D eigenvalue weighted by molar-refractivity contribution is -0.143. The molecular weight excluding hydrogens is 260 g/mol. The third-order valence-corrected chi connectivity index (χ3v) is 4.51. The van der Waals surface area contributed by atoms with E-state index in [-0.39, 0.29) is 30.1 Å². The van der Waals surface area contributed by atoms with Crippen LogP contribution >= 0.6 is 0 Å². The highest BCUT2D eigenvalue weighted by Crippen LogP contribution is 2.24. The van der Waals surface area contributed by atoms with E-state index in [2.05, 4.69) is 5.32 Å². The van der Waals surface area contributed by atoms with E-state index in [9.17, 15) is 14.7 Å². The SMILES string of the molecule is CC1CC(C(=O)O)CCN1C(=O)NC1CCC(O)CC1. The first-order valence-corrected chi connectivity index (χ1v) is 7.45. The van der Waals surface area contributed by atoms with Gasteiger partial charge in [0.2, 0.25) is 0 Å². The molecule has 20 heavy (non-hydrogen) atoms. The number of hydrogen-bond donors (Lipinski definition) is 3. The molecule has 114 valence electrons. The Balaban J connectivity index is 1.82. The molecule has 1 saturated carbocycles. The number of carboxylic acids is 1. The molecule has 0 aromatic carbocycles. The molecule has 1 heterocycles. The number of carboxylic acid groups (broad SMARTS) is 1. The van der Waals surface area contributed by atoms with Crippen molar-refractivity contribution in [3.05, 3.63) is 0 Å². The molecule has 2 rings (SSSR count). The van der Waals surface area contributed by atoms with Gasteiger partial charge in [-0.2, -0.15) is 0 Å². The number of piperidine rings is 1. The summed E-state index contributed by atoms with van der Waals surface area (Å²) in [6.07, 6.45) is 3.92. The number of aliphatic hydroxyl groups is 1. The summed E-state index contributed by atoms with van der Waals surface area (Å²) in [5, 5.41) is 21.5. The topological polar surface area (TPSA) is 89.9 Å². The van der Waals surface area contributed by atoms with Gasteiger partial charge in [0.05, 0.1) is 12.0 Å². The summed E-state index contributed by atoms with van der Waals surface area (Å²) in [6, 6.07) is -0.00273. The summed E-state index contributed by atoms with van der Waals surface area (Å²) in [7, 11) is 0. The van der Waals surface area contributed by atoms with Gasteiger partial charge in [-0.15, -0.1) is 0 Å². The molecule has 1 aliphatic carbocycles. The minimum atomic E-state index is -0.766. The van der Waals surface area contributed by atoms with Crippen molar-refractivity contribution in [3.63, 3.8) is 0 Å². The lowest BCUT2D eigenvalue weighted by Crippen LogP contribution is -2.52. The predicted molar refractivity (Wildman–Crippen MR) is 73.3 cm³/mol. The fourth-order valence-electron chi connectivity index (χ4n) is 3.18. The van der Waals surface area contributed by atoms with Crippen molar-refractivity contribution in [2.45, 2.75) is 63.6 Å². The Kier molecular flexibility index (Phi) is 4.86. The number of hydrogen-bond acceptors (Lipinski definition) is 3. The van der Waals surface area contributed by atoms with Gasteiger partial charge in [0.1, 0.15) is 0 Å². The van der Waals surface area contributed by atoms with E-state index < -0.39 is 5.97 Å². The largest absolute Gasteiger partial charge is 0.481 e. The summed E-state index contributed by atoms with van der Waals surface area (Å²) in [4.78, 5) is 25.0. The zero-order chi connectivity index (χ0) is 14.7. The van der Waals surface area contributed by atoms with Gasteiger partial charge in [-0.25, -0.2) is 4.79 Å². The molecule has 2 amide bonds. The normalized spacial score (nSPS) is 34.6. The molecule has 1 aliphatic heterocycles. The minimum absolute atomic E-state index is 0.0426. The van der Waals surface area contributed by atoms with Gasteiger partial charge in [-0.3, -0.25) is 4.79 Å². The molecule has 2 aliphatic rings. The number of carbonyl (C=O) groups is 2. The van der Waals surface area contributed by atoms with Crippen LogP contribution in [0.2, 0.25) is 0 Å². The highest BCUT2D eigenvalue weighted by atomic mass is 16.4. The van der Waals surface area contributed by atoms with E-state index in [1.165, 1.54) is 0 Å². The second-order valence-corrected chi connectivity index (χ2v) is 6.06. The second-order valence-electron chi connectivity index (χ2n) is 6.06. The summed E-state index contributed by atoms with van der Waals surface area (Å²) in [5.41, 5.74) is 0. The van der Waals surface area contributed by atoms with Crippen LogP contribution in [0.3, 0.4) is 0 Å². The second kappa shape index (κ2) is 6.43. The number of nitrogens with zero attached hydrogens (tertiary/aromatic N) is 1. The van der Waals surface area contributed by atoms with Crippen LogP contribution in [-0.4, -0.2) is 51.8 Å². The highest BCUT2D eigenvalue weighted by molar-refractivity contribution is 5.76. The molecule has 0 aromatic heterocycles. The Hall–Kier alpha value is -1.30. The number of aliphatic hydroxyl groups excluding tert-OH is 1. The maximum Gasteiger partial charge on any atom is 0.317 e. The average Bonchev–Trinajstić information content (AvgIpc) is 2.41. The zero-order valence-corrected chi connectivity index (χ0v) is 11.9. The molecule has 2 atom stereocenters. The number of urea groups is 1. The first-order chi connectivity index (χ1) is 9.47. The van der Waals surface area contributed by atoms with Crippen molar-refractivity contribution in [2.24, 2.45) is 5.92 Å². The first kappa shape index (κ1) is 15.1. The summed E-state index contributed by atoms with van der Waals surface area (Å²) >= 11 is 0. The lowest BCUT2D eigenvalue weighted by atomic mass is 9.91. The number of likely N-dealkylation sites (tertiary alicyclic amines) is 1. The van der Waals surface area contributed by atoms with Crippen LogP contribution in [0.5, 0.6) is 0 Å². The molecule has 1 saturated heterocycles. The average molecular weight is 284 g/mol. The fraction of sp³-hybridized carbons (Fsp3) is 0.857. The molecule has 6 heteroatoms. The van der Waals surface area contributed by atoms with Gasteiger partial charge >= 0.3 is 12.0 Å². The smallest absolute Gasteiger partial charge is 0.317 e. The van der Waals surface area contributed by atoms with Crippen molar-refractivity contribution < 1.29 is 19.8 Å². The summed E-state index contributed by atoms with van der Waals surface area (Å²) in [6.45, 7) is 2.40. The predicted octanol–water partition coefficient (Wildman–Crippen LogP) is 1.18. The molecule has 3 N–H and O–H groups in total. The molecule has 0 bridgehead atoms. The molecule has 6 nitrogen and oxygen atoms in total. The number of aliphatic carboxylic acids is 1. The first-order valence-electron chi connectivity index (χ1n) is 7.45. The monoisotopic (exact) mass is 284 g/mol. The molecule has 0 radical (unpaired) electrons. The van der Waals surface area contributed by atoms with Crippen molar-refractivity contribution >= 4 is 12.0 Å². The minimum Gasteiger partial charge on any atom is -0.481 e. The van der Waals surface area contributed by atoms with Crippen molar-refractivity contribution in [3.8, 4) is 0 Å². The standard InChI is InChI=1S/C14H24N2O4/c1-9-8-10(13(18)19)6-7-16(9)14(20)15-11-2-4-12(17)5-3-11/h9-12,17H,2-8H2,1H3,(H,15,20)(H,18,19). The quantitative estimate of drug-likeness (QED) is 0.710. The third-order valence-electron chi connectivity index (χ3n) is 4.51. The van der Waals surface area contributed by atoms with Crippen LogP contribution < -0.4 is 5.32 Å². The van der Waals surface area contributed by atoms with Crippen LogP contribution in [0.15, 0.2) is 0 Å². The van der Waals surface area contributed by atoms with Crippen LogP contribution in [0.25, 0.3) is 0 Å². The Morgan fingerprint density at radius 2 is 1.80 bits per heavy atom. The molecule has 0 spiro atoms. The van der Waals surface area contributed by atoms with Gasteiger partial charge in [0.25, 0.3) is 0 Å². The Morgan fingerprint density at radius 3 is 2.35 bits per heavy atom. The summed E-state index contributed by atoms with van der Waals surface area (Å²) in [5.74, 6) is -1.10. The number of nitrogens with one attached hydrogen (secondary N) is 1. The maximum atomic E-state index is 12.2. The van der Waals surface area contributed by atoms with Gasteiger partial charge < -0.3 is 20.4 Å². The fourth-order valence-corrected chi connectivity index (χ4v) is 3.18. The van der Waals surface area contributed by atoms with Crippen molar-refractivity contribution in [1.29, 1.82) is 0 Å². The number of rotatable bonds is 2. The third kappa shape index (κ3) is 3.62. The molecule has 2 unspecified atom stereocenters. The van der Waals surface area contributed by atoms with Crippen LogP contribution in [0.4, 0.5) is 4.79 Å². The molecule has 2 fully saturated rings. The van der Waals surface area contributed by atoms with E-state index >= 15 is 0 Å². The van der Waals surface area contributed by atoms with Gasteiger partial charge in [0, 0.05) is 18.6 Å². The van der Waals surface area contributed by atoms with Gasteiger partial charge in [-0.05, 0) is 45.4 Å². The van der Waals surface area contributed by atoms with Crippen LogP contribution in [0, 0.1) is 5.92 Å². The number of amides is 2. The van der Waals surface area contributed by atoms with Gasteiger partial charge in [-0.1, -0.05) is 0 Å². The van der Waals surface area contributed by atoms with Gasteiger partial charge in [0.15, 0.2) is 0 Å². The van der Waals surface area contributed by atoms with E-state index in [0.717, 1.165) is 25.7 Å². The van der Waals surface area contributed by atoms with E-state index in [4.69, 9.17) is 5.11 Å². The van der Waals surface area contributed by atoms with E-state index in [1.807, 2.05) is 6.92 Å². The van der Waals surface area contributed by atoms with Crippen molar-refractivity contribution in [2.75, 3.05) is 6.54 Å². The lowest BCUT2D eigenvalue weighted by Gasteiger charge is -2.37.